The van der Waals surface area contributed by atoms with Crippen LogP contribution in [0.1, 0.15) is 311 Å². The summed E-state index contributed by atoms with van der Waals surface area (Å²) in [5, 5.41) is 0. The molecule has 0 saturated heterocycles. The molecule has 0 amide bonds. The van der Waals surface area contributed by atoms with Gasteiger partial charge in [0.2, 0.25) is 0 Å². The van der Waals surface area contributed by atoms with Crippen LogP contribution >= 0.6 is 7.82 Å². The van der Waals surface area contributed by atoms with Gasteiger partial charge in [-0.2, -0.15) is 14.7 Å². The highest BCUT2D eigenvalue weighted by atomic mass is 31.2. The second-order valence-corrected chi connectivity index (χ2v) is 20.2. The van der Waals surface area contributed by atoms with Crippen molar-refractivity contribution in [1.29, 1.82) is 0 Å². The van der Waals surface area contributed by atoms with Gasteiger partial charge in [-0.25, -0.2) is 4.57 Å². The van der Waals surface area contributed by atoms with Crippen LogP contribution in [0.5, 0.6) is 0 Å². The van der Waals surface area contributed by atoms with Gasteiger partial charge in [0.15, 0.2) is 18.9 Å². The number of hydrogen-bond acceptors (Lipinski definition) is 10. The highest BCUT2D eigenvalue weighted by Crippen LogP contribution is 2.51. The zero-order valence-corrected chi connectivity index (χ0v) is 45.0. The molecule has 392 valence electrons. The zero-order chi connectivity index (χ0) is 47.4. The molecular weight excluding hydrogens is 840 g/mol. The summed E-state index contributed by atoms with van der Waals surface area (Å²) in [6.07, 6.45) is 44.9. The van der Waals surface area contributed by atoms with E-state index < -0.39 is 26.7 Å². The lowest BCUT2D eigenvalue weighted by molar-refractivity contribution is -0.404. The van der Waals surface area contributed by atoms with Crippen molar-refractivity contribution in [2.75, 3.05) is 19.8 Å². The third-order valence-corrected chi connectivity index (χ3v) is 13.1. The molecule has 0 spiro atoms. The predicted octanol–water partition coefficient (Wildman–Crippen LogP) is 19.5. The lowest BCUT2D eigenvalue weighted by atomic mass is 10.1. The van der Waals surface area contributed by atoms with E-state index >= 15 is 0 Å². The Morgan fingerprint density at radius 3 is 0.662 bits per heavy atom. The van der Waals surface area contributed by atoms with Gasteiger partial charge in [-0.1, -0.05) is 253 Å². The molecule has 0 heterocycles. The number of hydrogen-bond donors (Lipinski definition) is 0. The monoisotopic (exact) mass is 951 g/mol. The molecule has 3 unspecified atom stereocenters. The lowest BCUT2D eigenvalue weighted by Crippen LogP contribution is -2.23. The van der Waals surface area contributed by atoms with Gasteiger partial charge in [0.05, 0.1) is 0 Å². The first-order valence-corrected chi connectivity index (χ1v) is 29.9. The minimum absolute atomic E-state index is 0.518. The van der Waals surface area contributed by atoms with Crippen LogP contribution < -0.4 is 0 Å². The van der Waals surface area contributed by atoms with Crippen LogP contribution in [-0.2, 0) is 47.5 Å². The smallest absolute Gasteiger partial charge is 0.350 e. The number of rotatable bonds is 57. The van der Waals surface area contributed by atoms with E-state index in [0.717, 1.165) is 116 Å². The van der Waals surface area contributed by atoms with Crippen LogP contribution in [0.3, 0.4) is 0 Å². The van der Waals surface area contributed by atoms with E-state index in [1.807, 2.05) is 0 Å². The Morgan fingerprint density at radius 1 is 0.262 bits per heavy atom. The molecule has 0 aromatic heterocycles. The summed E-state index contributed by atoms with van der Waals surface area (Å²) in [5.74, 6) is 0. The van der Waals surface area contributed by atoms with Gasteiger partial charge in [0, 0.05) is 39.1 Å². The predicted molar refractivity (Wildman–Crippen MR) is 271 cm³/mol. The van der Waals surface area contributed by atoms with Crippen LogP contribution in [0.2, 0.25) is 0 Å². The maximum atomic E-state index is 14.5. The maximum Gasteiger partial charge on any atom is 0.557 e. The van der Waals surface area contributed by atoms with Crippen molar-refractivity contribution >= 4 is 7.82 Å². The van der Waals surface area contributed by atoms with Crippen molar-refractivity contribution in [3.63, 3.8) is 0 Å². The van der Waals surface area contributed by atoms with E-state index in [2.05, 4.69) is 41.5 Å². The molecule has 11 heteroatoms. The Hall–Kier alpha value is -0.130. The second-order valence-electron chi connectivity index (χ2n) is 18.9. The van der Waals surface area contributed by atoms with Crippen molar-refractivity contribution < 1.29 is 47.5 Å². The molecule has 0 rings (SSSR count). The van der Waals surface area contributed by atoms with Crippen molar-refractivity contribution in [1.82, 2.24) is 0 Å². The zero-order valence-electron chi connectivity index (χ0n) is 44.1. The Kier molecular flexibility index (Phi) is 53.1. The third kappa shape index (κ3) is 47.3. The molecule has 0 aromatic carbocycles. The summed E-state index contributed by atoms with van der Waals surface area (Å²) in [6, 6.07) is 0. The number of ether oxygens (including phenoxy) is 3. The molecule has 0 radical (unpaired) electrons. The minimum atomic E-state index is -4.63. The topological polar surface area (TPSA) is 100 Å². The fourth-order valence-corrected chi connectivity index (χ4v) is 8.59. The summed E-state index contributed by atoms with van der Waals surface area (Å²) in [4.78, 5) is 17.5. The van der Waals surface area contributed by atoms with Crippen molar-refractivity contribution in [2.45, 2.75) is 330 Å². The average Bonchev–Trinajstić information content (AvgIpc) is 3.31. The number of unbranched alkanes of at least 4 members (excludes halogenated alkanes) is 33. The second kappa shape index (κ2) is 53.2. The first kappa shape index (κ1) is 64.9. The minimum Gasteiger partial charge on any atom is -0.350 e. The van der Waals surface area contributed by atoms with E-state index in [4.69, 9.17) is 42.9 Å². The molecule has 65 heavy (non-hydrogen) atoms. The SMILES string of the molecule is CCCCCCCCCCCC(OCCCCCC)OOP(=O)(OOC(CCCCCCCCCCC)OCCCCCC)OOC(CCCCCCCCCCC)OCCCCCC. The van der Waals surface area contributed by atoms with Gasteiger partial charge in [-0.05, 0) is 38.5 Å². The highest BCUT2D eigenvalue weighted by molar-refractivity contribution is 7.48. The summed E-state index contributed by atoms with van der Waals surface area (Å²) >= 11 is 0. The van der Waals surface area contributed by atoms with Crippen molar-refractivity contribution in [3.05, 3.63) is 0 Å². The summed E-state index contributed by atoms with van der Waals surface area (Å²) in [5.41, 5.74) is 0. The largest absolute Gasteiger partial charge is 0.557 e. The normalized spacial score (nSPS) is 14.2. The van der Waals surface area contributed by atoms with Crippen molar-refractivity contribution in [2.24, 2.45) is 0 Å². The van der Waals surface area contributed by atoms with E-state index in [-0.39, 0.29) is 0 Å². The van der Waals surface area contributed by atoms with E-state index in [9.17, 15) is 4.57 Å². The van der Waals surface area contributed by atoms with Gasteiger partial charge in [-0.15, -0.1) is 14.0 Å². The molecule has 0 fully saturated rings. The highest BCUT2D eigenvalue weighted by Gasteiger charge is 2.37. The fourth-order valence-electron chi connectivity index (χ4n) is 7.91. The maximum absolute atomic E-state index is 14.5. The summed E-state index contributed by atoms with van der Waals surface area (Å²) in [7, 11) is -4.63. The molecule has 0 aliphatic rings. The Morgan fingerprint density at radius 2 is 0.446 bits per heavy atom. The van der Waals surface area contributed by atoms with Gasteiger partial charge < -0.3 is 14.2 Å². The first-order valence-electron chi connectivity index (χ1n) is 28.5. The Bertz CT molecular complexity index is 831. The fraction of sp³-hybridized carbons (Fsp3) is 1.00. The molecule has 0 aliphatic heterocycles. The van der Waals surface area contributed by atoms with Crippen LogP contribution in [0.15, 0.2) is 0 Å². The first-order chi connectivity index (χ1) is 32.0. The van der Waals surface area contributed by atoms with Crippen molar-refractivity contribution in [3.8, 4) is 0 Å². The molecule has 0 N–H and O–H groups in total. The van der Waals surface area contributed by atoms with Gasteiger partial charge in [-0.3, -0.25) is 0 Å². The third-order valence-electron chi connectivity index (χ3n) is 12.3. The van der Waals surface area contributed by atoms with Gasteiger partial charge in [0.1, 0.15) is 0 Å². The van der Waals surface area contributed by atoms with Gasteiger partial charge in [0.25, 0.3) is 0 Å². The molecule has 0 saturated carbocycles. The molecule has 0 aromatic rings. The molecule has 0 aliphatic carbocycles. The molecule has 0 bridgehead atoms. The van der Waals surface area contributed by atoms with Crippen LogP contribution in [0.4, 0.5) is 0 Å². The molecular formula is C54H111O10P. The molecule has 3 atom stereocenters. The van der Waals surface area contributed by atoms with E-state index in [1.165, 1.54) is 135 Å². The standard InChI is InChI=1S/C54H111O10P/c1-7-13-19-25-28-31-34-37-40-46-52(56-49-43-22-16-10-4)59-62-65(55,63-60-53(57-50-44-23-17-11-5)47-41-38-35-32-29-26-20-14-8-2)64-61-54(58-51-45-24-18-12-6)48-42-39-36-33-30-27-21-15-9-3/h52-54H,7-51H2,1-6H3. The Balaban J connectivity index is 5.91. The van der Waals surface area contributed by atoms with E-state index in [1.54, 1.807) is 0 Å². The van der Waals surface area contributed by atoms with E-state index in [0.29, 0.717) is 39.1 Å². The van der Waals surface area contributed by atoms with Crippen LogP contribution in [0, 0.1) is 0 Å². The lowest BCUT2D eigenvalue weighted by Gasteiger charge is -2.24. The van der Waals surface area contributed by atoms with Gasteiger partial charge >= 0.3 is 7.82 Å². The number of phosphoric acid groups is 1. The van der Waals surface area contributed by atoms with Crippen LogP contribution in [-0.4, -0.2) is 38.7 Å². The Labute approximate surface area is 403 Å². The average molecular weight is 951 g/mol. The summed E-state index contributed by atoms with van der Waals surface area (Å²) < 4.78 is 50.0. The molecule has 10 nitrogen and oxygen atoms in total. The van der Waals surface area contributed by atoms with Crippen LogP contribution in [0.25, 0.3) is 0 Å². The summed E-state index contributed by atoms with van der Waals surface area (Å²) in [6.45, 7) is 14.9. The quantitative estimate of drug-likeness (QED) is 0.0193.